The zero-order valence-electron chi connectivity index (χ0n) is 28.3. The highest BCUT2D eigenvalue weighted by Gasteiger charge is 2.39. The Hall–Kier alpha value is -3.90. The number of hydrogen-bond donors (Lipinski definition) is 3. The first-order chi connectivity index (χ1) is 23.1. The highest BCUT2D eigenvalue weighted by atomic mass is 32.2. The molecule has 2 aliphatic rings. The summed E-state index contributed by atoms with van der Waals surface area (Å²) >= 11 is 3.27. The van der Waals surface area contributed by atoms with Crippen LogP contribution in [0.4, 0.5) is 16.5 Å². The first-order valence-corrected chi connectivity index (χ1v) is 18.4. The molecule has 5 rings (SSSR count). The third-order valence-electron chi connectivity index (χ3n) is 9.11. The van der Waals surface area contributed by atoms with Crippen LogP contribution < -0.4 is 16.0 Å². The second kappa shape index (κ2) is 16.5. The summed E-state index contributed by atoms with van der Waals surface area (Å²) in [6.45, 7) is 9.60. The summed E-state index contributed by atoms with van der Waals surface area (Å²) in [7, 11) is 0. The first kappa shape index (κ1) is 35.4. The Bertz CT molecular complexity index is 1690. The van der Waals surface area contributed by atoms with Crippen LogP contribution in [0.15, 0.2) is 58.5 Å². The lowest BCUT2D eigenvalue weighted by atomic mass is 9.76. The minimum Gasteiger partial charge on any atom is -0.326 e. The number of amides is 3. The molecule has 1 aromatic heterocycles. The van der Waals surface area contributed by atoms with Gasteiger partial charge >= 0.3 is 0 Å². The molecule has 1 aliphatic carbocycles. The summed E-state index contributed by atoms with van der Waals surface area (Å²) in [6, 6.07) is 15.4. The van der Waals surface area contributed by atoms with Crippen LogP contribution in [-0.4, -0.2) is 50.1 Å². The van der Waals surface area contributed by atoms with E-state index < -0.39 is 0 Å². The highest BCUT2D eigenvalue weighted by molar-refractivity contribution is 8.14. The number of anilines is 3. The zero-order valence-corrected chi connectivity index (χ0v) is 29.9. The molecular formula is C36H45N7O3S2. The van der Waals surface area contributed by atoms with Crippen molar-refractivity contribution < 1.29 is 14.4 Å². The molecule has 3 aromatic rings. The maximum atomic E-state index is 12.9. The summed E-state index contributed by atoms with van der Waals surface area (Å²) < 4.78 is 0. The second-order valence-corrected chi connectivity index (χ2v) is 14.9. The second-order valence-electron chi connectivity index (χ2n) is 12.8. The summed E-state index contributed by atoms with van der Waals surface area (Å²) in [5.41, 5.74) is 4.29. The number of thioether (sulfide) groups is 1. The summed E-state index contributed by atoms with van der Waals surface area (Å²) in [6.07, 6.45) is 5.92. The lowest BCUT2D eigenvalue weighted by Gasteiger charge is -2.39. The SMILES string of the molecule is CCC(Cc1ccccc1NC(C)=O)=NC1=NC(C)C(C)C(C2CCCC(c3nnc(NC(=O)Cc4ccccc4NC(C)=O)s3)C2)S1. The van der Waals surface area contributed by atoms with Gasteiger partial charge in [-0.25, -0.2) is 4.99 Å². The molecule has 5 unspecified atom stereocenters. The Morgan fingerprint density at radius 2 is 1.52 bits per heavy atom. The average molecular weight is 688 g/mol. The molecule has 254 valence electrons. The lowest BCUT2D eigenvalue weighted by molar-refractivity contribution is -0.116. The van der Waals surface area contributed by atoms with Crippen molar-refractivity contribution in [3.63, 3.8) is 0 Å². The van der Waals surface area contributed by atoms with Gasteiger partial charge in [-0.1, -0.05) is 79.8 Å². The Morgan fingerprint density at radius 3 is 2.17 bits per heavy atom. The predicted octanol–water partition coefficient (Wildman–Crippen LogP) is 7.50. The normalized spacial score (nSPS) is 22.8. The number of carbonyl (C=O) groups is 3. The van der Waals surface area contributed by atoms with Crippen LogP contribution >= 0.6 is 23.1 Å². The van der Waals surface area contributed by atoms with Gasteiger partial charge in [0, 0.05) is 48.5 Å². The molecule has 0 bridgehead atoms. The Morgan fingerprint density at radius 1 is 0.875 bits per heavy atom. The molecular weight excluding hydrogens is 643 g/mol. The highest BCUT2D eigenvalue weighted by Crippen LogP contribution is 2.46. The third-order valence-corrected chi connectivity index (χ3v) is 11.6. The van der Waals surface area contributed by atoms with Gasteiger partial charge in [0.05, 0.1) is 12.5 Å². The maximum absolute atomic E-state index is 12.9. The van der Waals surface area contributed by atoms with Gasteiger partial charge in [-0.2, -0.15) is 0 Å². The fourth-order valence-corrected chi connectivity index (χ4v) is 8.96. The van der Waals surface area contributed by atoms with Crippen LogP contribution in [-0.2, 0) is 27.2 Å². The smallest absolute Gasteiger partial charge is 0.230 e. The standard InChI is InChI=1S/C36H45N7O3S2/c1-6-29(19-25-12-7-9-16-30(25)38-23(4)44)40-35-37-22(3)21(2)33(47-35)27-14-11-15-28(18-27)34-42-43-36(48-34)41-32(46)20-26-13-8-10-17-31(26)39-24(5)45/h7-10,12-13,16-17,21-22,27-28,33H,6,11,14-15,18-20H2,1-5H3,(H,38,44)(H,39,45)(H,41,43,46). The van der Waals surface area contributed by atoms with Crippen LogP contribution in [0.3, 0.4) is 0 Å². The fourth-order valence-electron chi connectivity index (χ4n) is 6.51. The van der Waals surface area contributed by atoms with Crippen molar-refractivity contribution in [1.82, 2.24) is 10.2 Å². The van der Waals surface area contributed by atoms with E-state index in [1.165, 1.54) is 25.2 Å². The van der Waals surface area contributed by atoms with E-state index in [0.717, 1.165) is 64.8 Å². The minimum absolute atomic E-state index is 0.0861. The van der Waals surface area contributed by atoms with Gasteiger partial charge in [0.15, 0.2) is 5.17 Å². The molecule has 1 saturated carbocycles. The average Bonchev–Trinajstić information content (AvgIpc) is 3.52. The van der Waals surface area contributed by atoms with Gasteiger partial charge in [-0.05, 0) is 67.7 Å². The first-order valence-electron chi connectivity index (χ1n) is 16.7. The van der Waals surface area contributed by atoms with E-state index in [1.807, 2.05) is 54.2 Å². The molecule has 0 saturated heterocycles. The van der Waals surface area contributed by atoms with Crippen molar-refractivity contribution in [2.45, 2.75) is 96.8 Å². The predicted molar refractivity (Wildman–Crippen MR) is 197 cm³/mol. The molecule has 1 fully saturated rings. The fraction of sp³-hybridized carbons (Fsp3) is 0.472. The topological polar surface area (TPSA) is 138 Å². The molecule has 3 amide bonds. The molecule has 48 heavy (non-hydrogen) atoms. The van der Waals surface area contributed by atoms with Gasteiger partial charge in [0.2, 0.25) is 22.9 Å². The van der Waals surface area contributed by atoms with Gasteiger partial charge in [-0.3, -0.25) is 19.4 Å². The van der Waals surface area contributed by atoms with Crippen LogP contribution in [0.5, 0.6) is 0 Å². The van der Waals surface area contributed by atoms with Crippen LogP contribution in [0.1, 0.15) is 88.8 Å². The number of carbonyl (C=O) groups excluding carboxylic acids is 3. The van der Waals surface area contributed by atoms with Crippen LogP contribution in [0.25, 0.3) is 0 Å². The third kappa shape index (κ3) is 9.37. The zero-order chi connectivity index (χ0) is 34.2. The monoisotopic (exact) mass is 687 g/mol. The molecule has 10 nitrogen and oxygen atoms in total. The van der Waals surface area contributed by atoms with Crippen molar-refractivity contribution in [3.8, 4) is 0 Å². The number of rotatable bonds is 10. The molecule has 0 radical (unpaired) electrons. The van der Waals surface area contributed by atoms with Gasteiger partial charge < -0.3 is 16.0 Å². The van der Waals surface area contributed by atoms with Crippen molar-refractivity contribution >= 4 is 68.2 Å². The number of amidine groups is 1. The van der Waals surface area contributed by atoms with Crippen LogP contribution in [0, 0.1) is 11.8 Å². The van der Waals surface area contributed by atoms with E-state index in [2.05, 4.69) is 46.9 Å². The van der Waals surface area contributed by atoms with Crippen molar-refractivity contribution in [2.24, 2.45) is 21.8 Å². The Balaban J connectivity index is 1.23. The van der Waals surface area contributed by atoms with E-state index >= 15 is 0 Å². The van der Waals surface area contributed by atoms with Gasteiger partial charge in [-0.15, -0.1) is 10.2 Å². The molecule has 5 atom stereocenters. The number of aliphatic imine (C=N–C) groups is 2. The van der Waals surface area contributed by atoms with E-state index in [0.29, 0.717) is 34.3 Å². The summed E-state index contributed by atoms with van der Waals surface area (Å²) in [5, 5.41) is 20.2. The van der Waals surface area contributed by atoms with Gasteiger partial charge in [0.1, 0.15) is 5.01 Å². The Kier molecular flexibility index (Phi) is 12.2. The van der Waals surface area contributed by atoms with E-state index in [4.69, 9.17) is 9.98 Å². The molecule has 12 heteroatoms. The summed E-state index contributed by atoms with van der Waals surface area (Å²) in [5.74, 6) is 0.726. The maximum Gasteiger partial charge on any atom is 0.230 e. The largest absolute Gasteiger partial charge is 0.326 e. The van der Waals surface area contributed by atoms with E-state index in [1.54, 1.807) is 6.07 Å². The summed E-state index contributed by atoms with van der Waals surface area (Å²) in [4.78, 5) is 46.3. The Labute approximate surface area is 291 Å². The number of nitrogens with one attached hydrogen (secondary N) is 3. The van der Waals surface area contributed by atoms with E-state index in [-0.39, 0.29) is 36.1 Å². The number of benzene rings is 2. The molecule has 2 aromatic carbocycles. The number of para-hydroxylation sites is 2. The quantitative estimate of drug-likeness (QED) is 0.189. The minimum atomic E-state index is -0.198. The van der Waals surface area contributed by atoms with Crippen LogP contribution in [0.2, 0.25) is 0 Å². The number of aromatic nitrogens is 2. The van der Waals surface area contributed by atoms with Gasteiger partial charge in [0.25, 0.3) is 0 Å². The molecule has 0 spiro atoms. The van der Waals surface area contributed by atoms with Crippen molar-refractivity contribution in [3.05, 3.63) is 64.7 Å². The molecule has 1 aliphatic heterocycles. The molecule has 2 heterocycles. The van der Waals surface area contributed by atoms with Crippen molar-refractivity contribution in [1.29, 1.82) is 0 Å². The number of hydrogen-bond acceptors (Lipinski definition) is 9. The molecule has 3 N–H and O–H groups in total. The lowest BCUT2D eigenvalue weighted by Crippen LogP contribution is -2.37. The van der Waals surface area contributed by atoms with E-state index in [9.17, 15) is 14.4 Å². The number of nitrogens with zero attached hydrogens (tertiary/aromatic N) is 4. The van der Waals surface area contributed by atoms with Crippen molar-refractivity contribution in [2.75, 3.05) is 16.0 Å².